The van der Waals surface area contributed by atoms with Crippen molar-refractivity contribution in [3.05, 3.63) is 35.5 Å². The average molecular weight is 319 g/mol. The first kappa shape index (κ1) is 12.5. The summed E-state index contributed by atoms with van der Waals surface area (Å²) < 4.78 is 0.532. The van der Waals surface area contributed by atoms with E-state index >= 15 is 0 Å². The summed E-state index contributed by atoms with van der Waals surface area (Å²) >= 11 is 2.70. The second kappa shape index (κ2) is 5.19. The minimum absolute atomic E-state index is 0.155. The van der Waals surface area contributed by atoms with E-state index in [9.17, 15) is 4.79 Å². The molecule has 2 heterocycles. The second-order valence-corrected chi connectivity index (χ2v) is 5.50. The topological polar surface area (TPSA) is 44.7 Å². The molecule has 0 spiro atoms. The van der Waals surface area contributed by atoms with Gasteiger partial charge in [-0.2, -0.15) is 0 Å². The number of rotatable bonds is 2. The first-order valence-corrected chi connectivity index (χ1v) is 7.22. The number of hydrogen-bond donors (Lipinski definition) is 1. The van der Waals surface area contributed by atoms with Crippen molar-refractivity contribution in [2.75, 3.05) is 18.0 Å². The third-order valence-corrected chi connectivity index (χ3v) is 3.75. The number of carbonyl (C=O) groups excluding carboxylic acids is 1. The molecular weight excluding hydrogens is 305 g/mol. The van der Waals surface area contributed by atoms with E-state index < -0.39 is 0 Å². The Morgan fingerprint density at radius 3 is 2.47 bits per heavy atom. The molecule has 1 saturated heterocycles. The van der Waals surface area contributed by atoms with E-state index in [0.717, 1.165) is 18.7 Å². The number of aliphatic imine (C=N–C) groups is 1. The van der Waals surface area contributed by atoms with E-state index in [2.05, 4.69) is 43.4 Å². The monoisotopic (exact) mass is 320 g/mol. The molecule has 0 atom stereocenters. The van der Waals surface area contributed by atoms with Crippen molar-refractivity contribution < 1.29 is 4.79 Å². The van der Waals surface area contributed by atoms with E-state index in [1.54, 1.807) is 6.08 Å². The van der Waals surface area contributed by atoms with Gasteiger partial charge in [-0.1, -0.05) is 0 Å². The van der Waals surface area contributed by atoms with E-state index in [1.165, 1.54) is 18.5 Å². The molecule has 0 unspecified atom stereocenters. The van der Waals surface area contributed by atoms with E-state index in [0.29, 0.717) is 10.4 Å². The van der Waals surface area contributed by atoms with Crippen LogP contribution in [0.1, 0.15) is 18.4 Å². The van der Waals surface area contributed by atoms with Crippen molar-refractivity contribution in [2.45, 2.75) is 12.8 Å². The number of carbonyl (C=O) groups is 1. The fourth-order valence-electron chi connectivity index (χ4n) is 2.36. The van der Waals surface area contributed by atoms with E-state index in [-0.39, 0.29) is 5.91 Å². The first-order valence-electron chi connectivity index (χ1n) is 6.36. The number of nitrogens with one attached hydrogen (secondary N) is 1. The summed E-state index contributed by atoms with van der Waals surface area (Å²) in [6.45, 7) is 2.28. The molecule has 1 amide bonds. The zero-order valence-corrected chi connectivity index (χ0v) is 12.1. The molecule has 0 aliphatic carbocycles. The van der Waals surface area contributed by atoms with Gasteiger partial charge in [0.2, 0.25) is 0 Å². The molecule has 0 bridgehead atoms. The van der Waals surface area contributed by atoms with Crippen LogP contribution in [0.4, 0.5) is 5.69 Å². The van der Waals surface area contributed by atoms with Gasteiger partial charge in [-0.3, -0.25) is 0 Å². The Hall–Kier alpha value is -1.58. The molecule has 3 rings (SSSR count). The average Bonchev–Trinajstić information content (AvgIpc) is 3.01. The van der Waals surface area contributed by atoms with Crippen molar-refractivity contribution in [2.24, 2.45) is 4.99 Å². The summed E-state index contributed by atoms with van der Waals surface area (Å²) in [7, 11) is 0. The van der Waals surface area contributed by atoms with Crippen molar-refractivity contribution in [3.63, 3.8) is 0 Å². The molecule has 1 radical (unpaired) electrons. The van der Waals surface area contributed by atoms with Crippen LogP contribution < -0.4 is 10.2 Å². The fourth-order valence-corrected chi connectivity index (χ4v) is 2.76. The summed E-state index contributed by atoms with van der Waals surface area (Å²) in [4.78, 5) is 18.0. The Bertz CT molecular complexity index is 557. The van der Waals surface area contributed by atoms with Gasteiger partial charge in [0.25, 0.3) is 0 Å². The van der Waals surface area contributed by atoms with Crippen LogP contribution in [0, 0.1) is 0 Å². The van der Waals surface area contributed by atoms with Crippen molar-refractivity contribution in [3.8, 4) is 0 Å². The third-order valence-electron chi connectivity index (χ3n) is 3.34. The van der Waals surface area contributed by atoms with E-state index in [1.807, 2.05) is 12.1 Å². The van der Waals surface area contributed by atoms with E-state index in [4.69, 9.17) is 0 Å². The van der Waals surface area contributed by atoms with Crippen LogP contribution in [0.2, 0.25) is 0 Å². The van der Waals surface area contributed by atoms with Gasteiger partial charge in [0.05, 0.1) is 0 Å². The number of anilines is 1. The summed E-state index contributed by atoms with van der Waals surface area (Å²) in [5.41, 5.74) is 2.69. The quantitative estimate of drug-likeness (QED) is 0.659. The Morgan fingerprint density at radius 2 is 1.89 bits per heavy atom. The summed E-state index contributed by atoms with van der Waals surface area (Å²) in [5, 5.41) is 2.62. The van der Waals surface area contributed by atoms with Gasteiger partial charge in [-0.15, -0.1) is 0 Å². The van der Waals surface area contributed by atoms with Crippen LogP contribution in [-0.4, -0.2) is 39.7 Å². The third kappa shape index (κ3) is 2.72. The SMILES string of the molecule is O=C1NC([Se])=NC1=Cc1ccc(N2CCCC2)cc1. The van der Waals surface area contributed by atoms with Gasteiger partial charge in [0.1, 0.15) is 0 Å². The van der Waals surface area contributed by atoms with Crippen molar-refractivity contribution >= 4 is 38.4 Å². The Morgan fingerprint density at radius 1 is 1.21 bits per heavy atom. The molecule has 2 aliphatic rings. The Labute approximate surface area is 120 Å². The van der Waals surface area contributed by atoms with Gasteiger partial charge >= 0.3 is 120 Å². The summed E-state index contributed by atoms with van der Waals surface area (Å²) in [6.07, 6.45) is 4.35. The summed E-state index contributed by atoms with van der Waals surface area (Å²) in [6, 6.07) is 8.27. The van der Waals surface area contributed by atoms with Crippen LogP contribution in [0.15, 0.2) is 35.0 Å². The minimum atomic E-state index is -0.155. The molecule has 19 heavy (non-hydrogen) atoms. The number of hydrogen-bond acceptors (Lipinski definition) is 3. The Kier molecular flexibility index (Phi) is 3.40. The first-order chi connectivity index (χ1) is 9.22. The predicted molar refractivity (Wildman–Crippen MR) is 77.2 cm³/mol. The maximum atomic E-state index is 11.5. The van der Waals surface area contributed by atoms with Crippen LogP contribution in [0.5, 0.6) is 0 Å². The summed E-state index contributed by atoms with van der Waals surface area (Å²) in [5.74, 6) is -0.155. The second-order valence-electron chi connectivity index (χ2n) is 4.69. The van der Waals surface area contributed by atoms with Gasteiger partial charge in [0.15, 0.2) is 0 Å². The van der Waals surface area contributed by atoms with Crippen LogP contribution >= 0.6 is 0 Å². The standard InChI is InChI=1S/C14H14N3OSe/c18-13-12(15-14(19)16-13)9-10-3-5-11(6-4-10)17-7-1-2-8-17/h3-6,9H,1-2,7-8H2,(H,15,16,18). The van der Waals surface area contributed by atoms with Crippen molar-refractivity contribution in [1.29, 1.82) is 0 Å². The fraction of sp³-hybridized carbons (Fsp3) is 0.286. The molecule has 4 nitrogen and oxygen atoms in total. The predicted octanol–water partition coefficient (Wildman–Crippen LogP) is 1.28. The van der Waals surface area contributed by atoms with Crippen LogP contribution in [-0.2, 0) is 4.79 Å². The van der Waals surface area contributed by atoms with Crippen LogP contribution in [0.3, 0.4) is 0 Å². The number of amides is 1. The zero-order chi connectivity index (χ0) is 13.2. The molecular formula is C14H14N3OSe. The molecule has 5 heteroatoms. The molecule has 1 aromatic carbocycles. The number of amidine groups is 1. The molecule has 1 fully saturated rings. The molecule has 0 aromatic heterocycles. The molecule has 1 aromatic rings. The molecule has 0 saturated carbocycles. The number of nitrogens with zero attached hydrogens (tertiary/aromatic N) is 2. The Balaban J connectivity index is 1.79. The van der Waals surface area contributed by atoms with Gasteiger partial charge in [-0.05, 0) is 0 Å². The number of benzene rings is 1. The molecule has 2 aliphatic heterocycles. The zero-order valence-electron chi connectivity index (χ0n) is 10.4. The van der Waals surface area contributed by atoms with Crippen LogP contribution in [0.25, 0.3) is 6.08 Å². The van der Waals surface area contributed by atoms with Gasteiger partial charge < -0.3 is 0 Å². The normalized spacial score (nSPS) is 20.8. The van der Waals surface area contributed by atoms with Gasteiger partial charge in [-0.25, -0.2) is 0 Å². The van der Waals surface area contributed by atoms with Gasteiger partial charge in [0, 0.05) is 0 Å². The van der Waals surface area contributed by atoms with Crippen molar-refractivity contribution in [1.82, 2.24) is 5.32 Å². The molecule has 97 valence electrons. The maximum absolute atomic E-state index is 11.5. The molecule has 1 N–H and O–H groups in total.